The summed E-state index contributed by atoms with van der Waals surface area (Å²) in [6.45, 7) is 6.45. The van der Waals surface area contributed by atoms with E-state index < -0.39 is 5.79 Å². The van der Waals surface area contributed by atoms with Crippen LogP contribution in [0.4, 0.5) is 4.39 Å². The van der Waals surface area contributed by atoms with E-state index in [9.17, 15) is 4.39 Å². The zero-order valence-corrected chi connectivity index (χ0v) is 11.8. The number of hydrogen-bond acceptors (Lipinski definition) is 2. The van der Waals surface area contributed by atoms with Crippen molar-refractivity contribution in [1.29, 1.82) is 0 Å². The maximum absolute atomic E-state index is 14.1. The van der Waals surface area contributed by atoms with Gasteiger partial charge in [-0.25, -0.2) is 9.07 Å². The fraction of sp³-hybridized carbons (Fsp3) is 0.533. The molecule has 1 fully saturated rings. The summed E-state index contributed by atoms with van der Waals surface area (Å²) in [6.07, 6.45) is 2.89. The van der Waals surface area contributed by atoms with Gasteiger partial charge in [-0.1, -0.05) is 20.8 Å². The predicted molar refractivity (Wildman–Crippen MR) is 73.3 cm³/mol. The third-order valence-electron chi connectivity index (χ3n) is 3.73. The molecule has 1 aliphatic carbocycles. The zero-order chi connectivity index (χ0) is 13.8. The molecule has 3 rings (SSSR count). The molecule has 1 aliphatic rings. The summed E-state index contributed by atoms with van der Waals surface area (Å²) in [5.41, 5.74) is 1.93. The average Bonchev–Trinajstić information content (AvgIpc) is 2.92. The highest BCUT2D eigenvalue weighted by molar-refractivity contribution is 5.85. The Labute approximate surface area is 112 Å². The van der Waals surface area contributed by atoms with Gasteiger partial charge in [-0.05, 0) is 23.1 Å². The number of benzene rings is 1. The van der Waals surface area contributed by atoms with Crippen molar-refractivity contribution in [3.63, 3.8) is 0 Å². The summed E-state index contributed by atoms with van der Waals surface area (Å²) in [7, 11) is 1.63. The first kappa shape index (κ1) is 12.5. The van der Waals surface area contributed by atoms with Crippen molar-refractivity contribution in [2.75, 3.05) is 7.11 Å². The molecular formula is C15H19FN2O. The van der Waals surface area contributed by atoms with E-state index in [1.54, 1.807) is 13.3 Å². The third-order valence-corrected chi connectivity index (χ3v) is 3.73. The molecule has 0 radical (unpaired) electrons. The number of hydrogen-bond donors (Lipinski definition) is 0. The van der Waals surface area contributed by atoms with Gasteiger partial charge in [-0.3, -0.25) is 0 Å². The van der Waals surface area contributed by atoms with Crippen molar-refractivity contribution < 1.29 is 9.13 Å². The molecule has 3 nitrogen and oxygen atoms in total. The third kappa shape index (κ3) is 1.99. The lowest BCUT2D eigenvalue weighted by Crippen LogP contribution is -2.11. The second kappa shape index (κ2) is 3.71. The van der Waals surface area contributed by atoms with Gasteiger partial charge in [-0.15, -0.1) is 0 Å². The highest BCUT2D eigenvalue weighted by Crippen LogP contribution is 2.45. The van der Waals surface area contributed by atoms with Crippen LogP contribution in [0.1, 0.15) is 39.2 Å². The van der Waals surface area contributed by atoms with E-state index in [0.29, 0.717) is 18.6 Å². The Bertz CT molecular complexity index is 635. The Kier molecular flexibility index (Phi) is 2.43. The van der Waals surface area contributed by atoms with E-state index in [-0.39, 0.29) is 5.41 Å². The first-order chi connectivity index (χ1) is 8.83. The first-order valence-electron chi connectivity index (χ1n) is 6.61. The summed E-state index contributed by atoms with van der Waals surface area (Å²) >= 11 is 0. The Morgan fingerprint density at radius 1 is 1.32 bits per heavy atom. The molecule has 0 spiro atoms. The topological polar surface area (TPSA) is 27.1 Å². The lowest BCUT2D eigenvalue weighted by molar-refractivity contribution is 0.189. The smallest absolute Gasteiger partial charge is 0.202 e. The monoisotopic (exact) mass is 262 g/mol. The van der Waals surface area contributed by atoms with Gasteiger partial charge in [0.2, 0.25) is 5.79 Å². The largest absolute Gasteiger partial charge is 0.494 e. The maximum atomic E-state index is 14.1. The highest BCUT2D eigenvalue weighted by atomic mass is 19.1. The molecule has 0 unspecified atom stereocenters. The van der Waals surface area contributed by atoms with Crippen LogP contribution in [0.3, 0.4) is 0 Å². The molecule has 0 N–H and O–H groups in total. The zero-order valence-electron chi connectivity index (χ0n) is 11.8. The number of methoxy groups -OCH3 is 1. The number of fused-ring (bicyclic) bond motifs is 1. The van der Waals surface area contributed by atoms with Gasteiger partial charge in [0, 0.05) is 24.4 Å². The van der Waals surface area contributed by atoms with E-state index >= 15 is 0 Å². The quantitative estimate of drug-likeness (QED) is 0.824. The van der Waals surface area contributed by atoms with Crippen LogP contribution >= 0.6 is 0 Å². The van der Waals surface area contributed by atoms with E-state index in [1.165, 1.54) is 10.2 Å². The second-order valence-corrected chi connectivity index (χ2v) is 6.36. The minimum atomic E-state index is -1.27. The lowest BCUT2D eigenvalue weighted by Gasteiger charge is -2.19. The van der Waals surface area contributed by atoms with Gasteiger partial charge < -0.3 is 4.74 Å². The average molecular weight is 262 g/mol. The molecular weight excluding hydrogens is 243 g/mol. The summed E-state index contributed by atoms with van der Waals surface area (Å²) in [6, 6.07) is 4.07. The Hall–Kier alpha value is -1.58. The molecule has 19 heavy (non-hydrogen) atoms. The van der Waals surface area contributed by atoms with Gasteiger partial charge in [0.05, 0.1) is 7.11 Å². The molecule has 1 aromatic carbocycles. The van der Waals surface area contributed by atoms with Gasteiger partial charge >= 0.3 is 0 Å². The predicted octanol–water partition coefficient (Wildman–Crippen LogP) is 3.76. The van der Waals surface area contributed by atoms with Crippen molar-refractivity contribution >= 4 is 10.9 Å². The molecule has 0 aliphatic heterocycles. The summed E-state index contributed by atoms with van der Waals surface area (Å²) in [4.78, 5) is 0. The standard InChI is InChI=1S/C15H19FN2O/c1-14(2,3)11-7-10-9-18(15(16)5-6-15)17-13(10)12(8-11)19-4/h7-9H,5-6H2,1-4H3. The van der Waals surface area contributed by atoms with Gasteiger partial charge in [-0.2, -0.15) is 5.10 Å². The van der Waals surface area contributed by atoms with Crippen LogP contribution in [0.5, 0.6) is 5.75 Å². The highest BCUT2D eigenvalue weighted by Gasteiger charge is 2.46. The normalized spacial score (nSPS) is 17.7. The minimum Gasteiger partial charge on any atom is -0.494 e. The molecule has 102 valence electrons. The Morgan fingerprint density at radius 3 is 2.53 bits per heavy atom. The van der Waals surface area contributed by atoms with Crippen molar-refractivity contribution in [2.24, 2.45) is 0 Å². The summed E-state index contributed by atoms with van der Waals surface area (Å²) in [5, 5.41) is 5.30. The first-order valence-corrected chi connectivity index (χ1v) is 6.61. The number of halogens is 1. The van der Waals surface area contributed by atoms with Gasteiger partial charge in [0.1, 0.15) is 11.3 Å². The second-order valence-electron chi connectivity index (χ2n) is 6.36. The van der Waals surface area contributed by atoms with Crippen molar-refractivity contribution in [3.05, 3.63) is 23.9 Å². The Balaban J connectivity index is 2.20. The number of rotatable bonds is 2. The molecule has 1 aromatic heterocycles. The minimum absolute atomic E-state index is 0.0244. The summed E-state index contributed by atoms with van der Waals surface area (Å²) < 4.78 is 21.0. The van der Waals surface area contributed by atoms with Crippen LogP contribution in [-0.2, 0) is 11.2 Å². The van der Waals surface area contributed by atoms with Crippen LogP contribution in [0, 0.1) is 0 Å². The van der Waals surface area contributed by atoms with E-state index in [0.717, 1.165) is 10.9 Å². The molecule has 0 bridgehead atoms. The number of aromatic nitrogens is 2. The van der Waals surface area contributed by atoms with Crippen LogP contribution in [-0.4, -0.2) is 16.9 Å². The number of ether oxygens (including phenoxy) is 1. The maximum Gasteiger partial charge on any atom is 0.202 e. The van der Waals surface area contributed by atoms with E-state index in [1.807, 2.05) is 6.07 Å². The van der Waals surface area contributed by atoms with Crippen molar-refractivity contribution in [1.82, 2.24) is 9.78 Å². The Morgan fingerprint density at radius 2 is 2.00 bits per heavy atom. The van der Waals surface area contributed by atoms with Crippen molar-refractivity contribution in [2.45, 2.75) is 44.8 Å². The number of alkyl halides is 1. The van der Waals surface area contributed by atoms with Gasteiger partial charge in [0.15, 0.2) is 0 Å². The number of nitrogens with zero attached hydrogens (tertiary/aromatic N) is 2. The van der Waals surface area contributed by atoms with Crippen LogP contribution in [0.25, 0.3) is 10.9 Å². The fourth-order valence-electron chi connectivity index (χ4n) is 2.23. The van der Waals surface area contributed by atoms with Crippen LogP contribution in [0.15, 0.2) is 18.3 Å². The molecule has 0 atom stereocenters. The molecule has 0 saturated heterocycles. The van der Waals surface area contributed by atoms with Gasteiger partial charge in [0.25, 0.3) is 0 Å². The van der Waals surface area contributed by atoms with E-state index in [4.69, 9.17) is 4.74 Å². The van der Waals surface area contributed by atoms with Crippen LogP contribution in [0.2, 0.25) is 0 Å². The SMILES string of the molecule is COc1cc(C(C)(C)C)cc2cn(C3(F)CC3)nc12. The molecule has 1 heterocycles. The van der Waals surface area contributed by atoms with Crippen LogP contribution < -0.4 is 4.74 Å². The van der Waals surface area contributed by atoms with E-state index in [2.05, 4.69) is 31.9 Å². The lowest BCUT2D eigenvalue weighted by atomic mass is 9.86. The fourth-order valence-corrected chi connectivity index (χ4v) is 2.23. The molecule has 1 saturated carbocycles. The van der Waals surface area contributed by atoms with Crippen molar-refractivity contribution in [3.8, 4) is 5.75 Å². The molecule has 4 heteroatoms. The molecule has 0 amide bonds. The summed E-state index contributed by atoms with van der Waals surface area (Å²) in [5.74, 6) is -0.559. The molecule has 2 aromatic rings.